The van der Waals surface area contributed by atoms with Crippen molar-refractivity contribution in [1.82, 2.24) is 0 Å². The van der Waals surface area contributed by atoms with Gasteiger partial charge in [0.05, 0.1) is 0 Å². The molecule has 0 amide bonds. The summed E-state index contributed by atoms with van der Waals surface area (Å²) in [5.74, 6) is 0. The minimum atomic E-state index is -3.63. The Bertz CT molecular complexity index is 31.8. The first-order valence-corrected chi connectivity index (χ1v) is 1.84. The van der Waals surface area contributed by atoms with Gasteiger partial charge in [-0.3, -0.25) is 0 Å². The monoisotopic (exact) mass is 294 g/mol. The van der Waals surface area contributed by atoms with Gasteiger partial charge in [0, 0.05) is 0 Å². The van der Waals surface area contributed by atoms with Gasteiger partial charge in [-0.05, 0) is 0 Å². The van der Waals surface area contributed by atoms with E-state index < -0.39 is 8.25 Å². The van der Waals surface area contributed by atoms with E-state index in [1.807, 2.05) is 0 Å². The van der Waals surface area contributed by atoms with Gasteiger partial charge in [-0.15, -0.1) is 0 Å². The van der Waals surface area contributed by atoms with Crippen LogP contribution in [0.25, 0.3) is 0 Å². The van der Waals surface area contributed by atoms with E-state index in [0.717, 1.165) is 0 Å². The summed E-state index contributed by atoms with van der Waals surface area (Å²) in [5, 5.41) is 0. The molecule has 0 atom stereocenters. The van der Waals surface area contributed by atoms with Gasteiger partial charge in [0.25, 0.3) is 0 Å². The Morgan fingerprint density at radius 3 is 1.17 bits per heavy atom. The molecule has 0 aliphatic rings. The zero-order valence-corrected chi connectivity index (χ0v) is 6.29. The average molecular weight is 296 g/mol. The van der Waals surface area contributed by atoms with Crippen LogP contribution in [0.15, 0.2) is 0 Å². The molecule has 0 unspecified atom stereocenters. The molecular weight excluding hydrogens is 295 g/mol. The van der Waals surface area contributed by atoms with Gasteiger partial charge in [-0.2, -0.15) is 0 Å². The molecule has 0 aliphatic heterocycles. The van der Waals surface area contributed by atoms with Crippen LogP contribution in [0.3, 0.4) is 0 Å². The molecule has 0 bridgehead atoms. The van der Waals surface area contributed by atoms with E-state index in [-0.39, 0.29) is 44.8 Å². The van der Waals surface area contributed by atoms with Crippen LogP contribution < -0.4 is 9.79 Å². The van der Waals surface area contributed by atoms with E-state index in [0.29, 0.717) is 0 Å². The molecule has 0 aromatic rings. The van der Waals surface area contributed by atoms with Crippen molar-refractivity contribution in [3.8, 4) is 0 Å². The van der Waals surface area contributed by atoms with E-state index >= 15 is 0 Å². The normalized spacial score (nSPS) is 5.83. The number of hydrogen-bond donors (Lipinski definition) is 0. The van der Waals surface area contributed by atoms with E-state index in [4.69, 9.17) is 14.4 Å². The second kappa shape index (κ2) is 9.80. The van der Waals surface area contributed by atoms with Gasteiger partial charge in [-0.1, -0.05) is 8.25 Å². The smallest absolute Gasteiger partial charge is 0.813 e. The predicted octanol–water partition coefficient (Wildman–Crippen LogP) is -1.91. The maximum Gasteiger partial charge on any atom is 1.00 e. The molecular formula is HAg2O3P. The van der Waals surface area contributed by atoms with Crippen molar-refractivity contribution in [3.05, 3.63) is 0 Å². The van der Waals surface area contributed by atoms with E-state index in [1.54, 1.807) is 0 Å². The molecule has 0 heterocycles. The average Bonchev–Trinajstić information content (AvgIpc) is 0.811. The molecule has 0 N–H and O–H groups in total. The third kappa shape index (κ3) is 45.4. The van der Waals surface area contributed by atoms with Crippen LogP contribution in [0.2, 0.25) is 0 Å². The van der Waals surface area contributed by atoms with Crippen molar-refractivity contribution >= 4 is 8.25 Å². The van der Waals surface area contributed by atoms with Gasteiger partial charge >= 0.3 is 44.8 Å². The van der Waals surface area contributed by atoms with Gasteiger partial charge in [0.1, 0.15) is 0 Å². The van der Waals surface area contributed by atoms with Crippen molar-refractivity contribution in [2.24, 2.45) is 0 Å². The fourth-order valence-corrected chi connectivity index (χ4v) is 0. The van der Waals surface area contributed by atoms with Crippen molar-refractivity contribution < 1.29 is 59.1 Å². The second-order valence-corrected chi connectivity index (χ2v) is 0.750. The standard InChI is InChI=1S/2Ag.H3O3P/c;;1-4(2)3/h;;4H,(H2,1,2,3)/q2*+1;/p-2. The van der Waals surface area contributed by atoms with Crippen LogP contribution in [0.4, 0.5) is 0 Å². The van der Waals surface area contributed by atoms with Gasteiger partial charge < -0.3 is 14.4 Å². The summed E-state index contributed by atoms with van der Waals surface area (Å²) in [6.07, 6.45) is 0. The van der Waals surface area contributed by atoms with Gasteiger partial charge in [-0.25, -0.2) is 0 Å². The zero-order valence-electron chi connectivity index (χ0n) is 2.33. The molecule has 3 nitrogen and oxygen atoms in total. The predicted molar refractivity (Wildman–Crippen MR) is 9.00 cm³/mol. The fourth-order valence-electron chi connectivity index (χ4n) is 0. The van der Waals surface area contributed by atoms with Crippen molar-refractivity contribution in [2.45, 2.75) is 0 Å². The molecule has 0 saturated carbocycles. The molecule has 46 valence electrons. The fraction of sp³-hybridized carbons (Fsp3) is 0. The molecule has 0 aromatic carbocycles. The maximum atomic E-state index is 8.52. The summed E-state index contributed by atoms with van der Waals surface area (Å²) in [6.45, 7) is 0. The molecule has 0 fully saturated rings. The summed E-state index contributed by atoms with van der Waals surface area (Å²) < 4.78 is 8.52. The Balaban J connectivity index is -0.0000000450. The summed E-state index contributed by atoms with van der Waals surface area (Å²) in [4.78, 5) is 17.0. The van der Waals surface area contributed by atoms with Gasteiger partial charge in [0.2, 0.25) is 0 Å². The Kier molecular flexibility index (Phi) is 25.6. The molecule has 0 rings (SSSR count). The molecule has 0 spiro atoms. The first-order chi connectivity index (χ1) is 1.73. The molecule has 0 aliphatic carbocycles. The third-order valence-corrected chi connectivity index (χ3v) is 0. The van der Waals surface area contributed by atoms with E-state index in [1.165, 1.54) is 0 Å². The van der Waals surface area contributed by atoms with Crippen LogP contribution in [0.5, 0.6) is 0 Å². The summed E-state index contributed by atoms with van der Waals surface area (Å²) in [6, 6.07) is 0. The summed E-state index contributed by atoms with van der Waals surface area (Å²) in [5.41, 5.74) is 0. The number of rotatable bonds is 0. The Hall–Kier alpha value is 1.63. The van der Waals surface area contributed by atoms with Crippen molar-refractivity contribution in [2.75, 3.05) is 0 Å². The largest absolute Gasteiger partial charge is 1.00 e. The first kappa shape index (κ1) is 15.6. The van der Waals surface area contributed by atoms with Crippen LogP contribution in [-0.2, 0) is 49.3 Å². The quantitative estimate of drug-likeness (QED) is 0.387. The molecule has 0 aromatic heterocycles. The van der Waals surface area contributed by atoms with E-state index in [2.05, 4.69) is 0 Å². The van der Waals surface area contributed by atoms with Gasteiger partial charge in [0.15, 0.2) is 0 Å². The maximum absolute atomic E-state index is 8.52. The van der Waals surface area contributed by atoms with E-state index in [9.17, 15) is 0 Å². The molecule has 0 radical (unpaired) electrons. The molecule has 6 heavy (non-hydrogen) atoms. The van der Waals surface area contributed by atoms with Crippen LogP contribution in [0.1, 0.15) is 0 Å². The Labute approximate surface area is 67.1 Å². The Morgan fingerprint density at radius 2 is 1.17 bits per heavy atom. The second-order valence-electron chi connectivity index (χ2n) is 0.250. The summed E-state index contributed by atoms with van der Waals surface area (Å²) in [7, 11) is -3.63. The topological polar surface area (TPSA) is 63.2 Å². The third-order valence-electron chi connectivity index (χ3n) is 0. The summed E-state index contributed by atoms with van der Waals surface area (Å²) >= 11 is 0. The minimum absolute atomic E-state index is 0. The van der Waals surface area contributed by atoms with Crippen LogP contribution in [0, 0.1) is 0 Å². The Morgan fingerprint density at radius 1 is 1.17 bits per heavy atom. The first-order valence-electron chi connectivity index (χ1n) is 0.612. The molecule has 0 saturated heterocycles. The molecule has 6 heteroatoms. The number of hydrogen-bond acceptors (Lipinski definition) is 3. The van der Waals surface area contributed by atoms with Crippen LogP contribution >= 0.6 is 8.25 Å². The SMILES string of the molecule is O=[PH]([O-])[O-].[Ag+].[Ag+]. The minimum Gasteiger partial charge on any atom is -0.813 e. The zero-order chi connectivity index (χ0) is 3.58. The van der Waals surface area contributed by atoms with Crippen molar-refractivity contribution in [3.63, 3.8) is 0 Å². The van der Waals surface area contributed by atoms with Crippen molar-refractivity contribution in [1.29, 1.82) is 0 Å². The van der Waals surface area contributed by atoms with Crippen LogP contribution in [-0.4, -0.2) is 0 Å².